The molecule has 1 aromatic rings. The highest BCUT2D eigenvalue weighted by atomic mass is 79.9. The summed E-state index contributed by atoms with van der Waals surface area (Å²) in [5, 5.41) is 0. The van der Waals surface area contributed by atoms with Gasteiger partial charge in [-0.3, -0.25) is 4.79 Å². The predicted octanol–water partition coefficient (Wildman–Crippen LogP) is 4.47. The first-order chi connectivity index (χ1) is 8.04. The zero-order valence-electron chi connectivity index (χ0n) is 10.6. The second kappa shape index (κ2) is 6.80. The summed E-state index contributed by atoms with van der Waals surface area (Å²) < 4.78 is 6.25. The van der Waals surface area contributed by atoms with E-state index in [1.807, 2.05) is 25.1 Å². The molecule has 0 aromatic heterocycles. The number of carbonyl (C=O) groups is 1. The first kappa shape index (κ1) is 14.2. The van der Waals surface area contributed by atoms with Gasteiger partial charge in [0.15, 0.2) is 5.78 Å². The van der Waals surface area contributed by atoms with Crippen LogP contribution in [-0.4, -0.2) is 12.4 Å². The largest absolute Gasteiger partial charge is 0.493 e. The number of benzene rings is 1. The lowest BCUT2D eigenvalue weighted by Gasteiger charge is -2.08. The monoisotopic (exact) mass is 298 g/mol. The molecule has 0 heterocycles. The van der Waals surface area contributed by atoms with Crippen molar-refractivity contribution in [3.05, 3.63) is 28.2 Å². The number of carbonyl (C=O) groups excluding carboxylic acids is 1. The predicted molar refractivity (Wildman–Crippen MR) is 73.7 cm³/mol. The zero-order chi connectivity index (χ0) is 12.8. The van der Waals surface area contributed by atoms with Crippen LogP contribution in [0, 0.1) is 5.92 Å². The van der Waals surface area contributed by atoms with Gasteiger partial charge in [-0.1, -0.05) is 13.8 Å². The molecule has 3 heteroatoms. The Labute approximate surface area is 111 Å². The number of hydrogen-bond donors (Lipinski definition) is 0. The molecule has 0 saturated heterocycles. The molecule has 94 valence electrons. The van der Waals surface area contributed by atoms with Gasteiger partial charge in [0.25, 0.3) is 0 Å². The fraction of sp³-hybridized carbons (Fsp3) is 0.500. The standard InChI is InChI=1S/C14H19BrO2/c1-4-17-14-8-6-11(9-12(14)15)13(16)7-5-10(2)3/h6,8-10H,4-5,7H2,1-3H3. The van der Waals surface area contributed by atoms with Crippen LogP contribution in [0.4, 0.5) is 0 Å². The van der Waals surface area contributed by atoms with Gasteiger partial charge in [-0.15, -0.1) is 0 Å². The topological polar surface area (TPSA) is 26.3 Å². The van der Waals surface area contributed by atoms with Gasteiger partial charge in [-0.05, 0) is 53.4 Å². The molecule has 0 saturated carbocycles. The third-order valence-corrected chi connectivity index (χ3v) is 3.12. The molecule has 0 N–H and O–H groups in total. The maximum Gasteiger partial charge on any atom is 0.162 e. The quantitative estimate of drug-likeness (QED) is 0.725. The van der Waals surface area contributed by atoms with E-state index >= 15 is 0 Å². The summed E-state index contributed by atoms with van der Waals surface area (Å²) in [6.45, 7) is 6.82. The van der Waals surface area contributed by atoms with Crippen LogP contribution in [0.3, 0.4) is 0 Å². The molecule has 0 aliphatic carbocycles. The number of Topliss-reactive ketones (excluding diaryl/α,β-unsaturated/α-hetero) is 1. The van der Waals surface area contributed by atoms with E-state index in [4.69, 9.17) is 4.74 Å². The smallest absolute Gasteiger partial charge is 0.162 e. The van der Waals surface area contributed by atoms with Crippen molar-refractivity contribution in [3.8, 4) is 5.75 Å². The summed E-state index contributed by atoms with van der Waals surface area (Å²) in [4.78, 5) is 11.9. The maximum absolute atomic E-state index is 11.9. The Morgan fingerprint density at radius 3 is 2.65 bits per heavy atom. The van der Waals surface area contributed by atoms with Crippen LogP contribution in [0.2, 0.25) is 0 Å². The fourth-order valence-corrected chi connectivity index (χ4v) is 2.00. The molecule has 17 heavy (non-hydrogen) atoms. The van der Waals surface area contributed by atoms with Crippen LogP contribution in [0.15, 0.2) is 22.7 Å². The second-order valence-electron chi connectivity index (χ2n) is 4.43. The Balaban J connectivity index is 2.72. The van der Waals surface area contributed by atoms with Gasteiger partial charge in [0.1, 0.15) is 5.75 Å². The summed E-state index contributed by atoms with van der Waals surface area (Å²) in [7, 11) is 0. The molecule has 0 aliphatic heterocycles. The van der Waals surface area contributed by atoms with Crippen molar-refractivity contribution < 1.29 is 9.53 Å². The summed E-state index contributed by atoms with van der Waals surface area (Å²) >= 11 is 3.42. The van der Waals surface area contributed by atoms with Crippen LogP contribution in [0.25, 0.3) is 0 Å². The maximum atomic E-state index is 11.9. The van der Waals surface area contributed by atoms with Crippen molar-refractivity contribution in [2.24, 2.45) is 5.92 Å². The number of hydrogen-bond acceptors (Lipinski definition) is 2. The van der Waals surface area contributed by atoms with Crippen LogP contribution in [-0.2, 0) is 0 Å². The molecule has 0 bridgehead atoms. The Morgan fingerprint density at radius 2 is 2.12 bits per heavy atom. The molecule has 1 aromatic carbocycles. The normalized spacial score (nSPS) is 10.6. The molecule has 0 fully saturated rings. The summed E-state index contributed by atoms with van der Waals surface area (Å²) in [5.41, 5.74) is 0.751. The number of ether oxygens (including phenoxy) is 1. The Kier molecular flexibility index (Phi) is 5.69. The van der Waals surface area contributed by atoms with Crippen molar-refractivity contribution in [2.75, 3.05) is 6.61 Å². The van der Waals surface area contributed by atoms with E-state index in [0.717, 1.165) is 22.2 Å². The molecule has 0 atom stereocenters. The fourth-order valence-electron chi connectivity index (χ4n) is 1.51. The van der Waals surface area contributed by atoms with Crippen molar-refractivity contribution in [1.29, 1.82) is 0 Å². The molecular weight excluding hydrogens is 280 g/mol. The summed E-state index contributed by atoms with van der Waals surface area (Å²) in [6, 6.07) is 5.52. The molecule has 0 unspecified atom stereocenters. The van der Waals surface area contributed by atoms with Gasteiger partial charge < -0.3 is 4.74 Å². The molecule has 0 spiro atoms. The SMILES string of the molecule is CCOc1ccc(C(=O)CCC(C)C)cc1Br. The molecule has 0 radical (unpaired) electrons. The second-order valence-corrected chi connectivity index (χ2v) is 5.29. The molecule has 0 aliphatic rings. The number of rotatable bonds is 6. The van der Waals surface area contributed by atoms with E-state index in [0.29, 0.717) is 18.9 Å². The van der Waals surface area contributed by atoms with Crippen LogP contribution in [0.5, 0.6) is 5.75 Å². The summed E-state index contributed by atoms with van der Waals surface area (Å²) in [6.07, 6.45) is 1.54. The molecule has 2 nitrogen and oxygen atoms in total. The van der Waals surface area contributed by atoms with Crippen LogP contribution >= 0.6 is 15.9 Å². The minimum atomic E-state index is 0.197. The van der Waals surface area contributed by atoms with Crippen LogP contribution < -0.4 is 4.74 Å². The van der Waals surface area contributed by atoms with Gasteiger partial charge in [0, 0.05) is 12.0 Å². The Morgan fingerprint density at radius 1 is 1.41 bits per heavy atom. The minimum Gasteiger partial charge on any atom is -0.493 e. The van der Waals surface area contributed by atoms with E-state index in [1.54, 1.807) is 0 Å². The van der Waals surface area contributed by atoms with E-state index in [2.05, 4.69) is 29.8 Å². The lowest BCUT2D eigenvalue weighted by Crippen LogP contribution is -2.02. The third-order valence-electron chi connectivity index (χ3n) is 2.50. The Hall–Kier alpha value is -0.830. The van der Waals surface area contributed by atoms with Crippen molar-refractivity contribution in [1.82, 2.24) is 0 Å². The molecule has 1 rings (SSSR count). The van der Waals surface area contributed by atoms with Crippen molar-refractivity contribution in [2.45, 2.75) is 33.6 Å². The van der Waals surface area contributed by atoms with Gasteiger partial charge >= 0.3 is 0 Å². The van der Waals surface area contributed by atoms with Crippen molar-refractivity contribution >= 4 is 21.7 Å². The third kappa shape index (κ3) is 4.50. The Bertz CT molecular complexity index is 386. The molecule has 0 amide bonds. The lowest BCUT2D eigenvalue weighted by atomic mass is 10.0. The van der Waals surface area contributed by atoms with Gasteiger partial charge in [0.2, 0.25) is 0 Å². The average molecular weight is 299 g/mol. The molecular formula is C14H19BrO2. The number of ketones is 1. The van der Waals surface area contributed by atoms with E-state index in [9.17, 15) is 4.79 Å². The minimum absolute atomic E-state index is 0.197. The average Bonchev–Trinajstić information content (AvgIpc) is 2.28. The van der Waals surface area contributed by atoms with Crippen molar-refractivity contribution in [3.63, 3.8) is 0 Å². The van der Waals surface area contributed by atoms with Gasteiger partial charge in [0.05, 0.1) is 11.1 Å². The van der Waals surface area contributed by atoms with Gasteiger partial charge in [-0.2, -0.15) is 0 Å². The van der Waals surface area contributed by atoms with E-state index in [-0.39, 0.29) is 5.78 Å². The highest BCUT2D eigenvalue weighted by molar-refractivity contribution is 9.10. The first-order valence-electron chi connectivity index (χ1n) is 6.00. The summed E-state index contributed by atoms with van der Waals surface area (Å²) in [5.74, 6) is 1.54. The van der Waals surface area contributed by atoms with E-state index in [1.165, 1.54) is 0 Å². The lowest BCUT2D eigenvalue weighted by molar-refractivity contribution is 0.0975. The first-order valence-corrected chi connectivity index (χ1v) is 6.79. The van der Waals surface area contributed by atoms with E-state index < -0.39 is 0 Å². The number of halogens is 1. The zero-order valence-corrected chi connectivity index (χ0v) is 12.2. The van der Waals surface area contributed by atoms with Gasteiger partial charge in [-0.25, -0.2) is 0 Å². The highest BCUT2D eigenvalue weighted by Crippen LogP contribution is 2.26. The van der Waals surface area contributed by atoms with Crippen LogP contribution in [0.1, 0.15) is 44.0 Å². The highest BCUT2D eigenvalue weighted by Gasteiger charge is 2.09.